The molecule has 0 aliphatic rings. The van der Waals surface area contributed by atoms with Gasteiger partial charge in [-0.15, -0.1) is 0 Å². The third-order valence-electron chi connectivity index (χ3n) is 4.32. The lowest BCUT2D eigenvalue weighted by Gasteiger charge is -2.09. The molecule has 0 bridgehead atoms. The van der Waals surface area contributed by atoms with E-state index in [-0.39, 0.29) is 12.2 Å². The van der Waals surface area contributed by atoms with E-state index < -0.39 is 11.3 Å². The first-order valence-corrected chi connectivity index (χ1v) is 8.11. The van der Waals surface area contributed by atoms with Gasteiger partial charge in [-0.2, -0.15) is 10.2 Å². The number of halogens is 1. The summed E-state index contributed by atoms with van der Waals surface area (Å²) >= 11 is 5.97. The van der Waals surface area contributed by atoms with Crippen molar-refractivity contribution < 1.29 is 4.79 Å². The number of fused-ring (bicyclic) bond motifs is 1. The van der Waals surface area contributed by atoms with Crippen LogP contribution < -0.4 is 10.7 Å². The molecule has 7 nitrogen and oxygen atoms in total. The summed E-state index contributed by atoms with van der Waals surface area (Å²) in [6.45, 7) is 4.09. The Bertz CT molecular complexity index is 1050. The van der Waals surface area contributed by atoms with E-state index >= 15 is 0 Å². The first kappa shape index (κ1) is 17.2. The number of benzene rings is 1. The number of amides is 1. The number of rotatable bonds is 3. The number of carbonyl (C=O) groups is 1. The number of aryl methyl sites for hydroxylation is 3. The summed E-state index contributed by atoms with van der Waals surface area (Å²) in [5.74, 6) is -0.523. The largest absolute Gasteiger partial charge is 0.346 e. The van der Waals surface area contributed by atoms with E-state index in [0.29, 0.717) is 15.9 Å². The van der Waals surface area contributed by atoms with E-state index in [2.05, 4.69) is 15.5 Å². The first-order valence-electron chi connectivity index (χ1n) is 7.73. The summed E-state index contributed by atoms with van der Waals surface area (Å²) in [4.78, 5) is 25.1. The standard InChI is InChI=1S/C17H18ClN5O2/c1-9-13(10(2)22(3)20-9)8-19-17(25)15-16(24)12-7-11(18)5-6-14(12)23(4)21-15/h5-7H,8H2,1-4H3,(H,19,25). The Balaban J connectivity index is 1.95. The molecule has 0 aliphatic heterocycles. The molecule has 3 aromatic rings. The van der Waals surface area contributed by atoms with Crippen LogP contribution in [-0.4, -0.2) is 25.5 Å². The smallest absolute Gasteiger partial charge is 0.276 e. The van der Waals surface area contributed by atoms with Gasteiger partial charge in [-0.25, -0.2) is 0 Å². The minimum atomic E-state index is -0.523. The molecule has 0 aliphatic carbocycles. The average Bonchev–Trinajstić information content (AvgIpc) is 2.81. The van der Waals surface area contributed by atoms with Gasteiger partial charge in [-0.05, 0) is 32.0 Å². The Morgan fingerprint density at radius 2 is 1.92 bits per heavy atom. The molecule has 0 atom stereocenters. The highest BCUT2D eigenvalue weighted by atomic mass is 35.5. The van der Waals surface area contributed by atoms with Crippen LogP contribution in [-0.2, 0) is 20.6 Å². The topological polar surface area (TPSA) is 81.8 Å². The SMILES string of the molecule is Cc1nn(C)c(C)c1CNC(=O)c1nn(C)c2ccc(Cl)cc2c1=O. The normalized spacial score (nSPS) is 11.1. The number of nitrogens with zero attached hydrogens (tertiary/aromatic N) is 4. The summed E-state index contributed by atoms with van der Waals surface area (Å²) in [6, 6.07) is 4.93. The number of hydrogen-bond acceptors (Lipinski definition) is 4. The Morgan fingerprint density at radius 3 is 2.56 bits per heavy atom. The van der Waals surface area contributed by atoms with Crippen molar-refractivity contribution in [1.82, 2.24) is 24.9 Å². The summed E-state index contributed by atoms with van der Waals surface area (Å²) < 4.78 is 3.26. The molecule has 8 heteroatoms. The van der Waals surface area contributed by atoms with Crippen molar-refractivity contribution in [3.05, 3.63) is 56.1 Å². The molecular formula is C17H18ClN5O2. The first-order chi connectivity index (χ1) is 11.8. The van der Waals surface area contributed by atoms with Crippen LogP contribution in [0.1, 0.15) is 27.4 Å². The quantitative estimate of drug-likeness (QED) is 0.774. The fourth-order valence-electron chi connectivity index (χ4n) is 2.82. The number of aromatic nitrogens is 4. The van der Waals surface area contributed by atoms with Gasteiger partial charge in [0.1, 0.15) is 0 Å². The van der Waals surface area contributed by atoms with Crippen LogP contribution in [0.2, 0.25) is 5.02 Å². The molecule has 0 saturated heterocycles. The second-order valence-electron chi connectivity index (χ2n) is 5.92. The highest BCUT2D eigenvalue weighted by Gasteiger charge is 2.18. The number of nitrogens with one attached hydrogen (secondary N) is 1. The summed E-state index contributed by atoms with van der Waals surface area (Å²) in [6.07, 6.45) is 0. The molecule has 25 heavy (non-hydrogen) atoms. The van der Waals surface area contributed by atoms with Gasteiger partial charge in [0.15, 0.2) is 5.69 Å². The third-order valence-corrected chi connectivity index (χ3v) is 4.55. The predicted molar refractivity (Wildman–Crippen MR) is 95.8 cm³/mol. The molecule has 0 fully saturated rings. The second-order valence-corrected chi connectivity index (χ2v) is 6.35. The van der Waals surface area contributed by atoms with Crippen LogP contribution in [0, 0.1) is 13.8 Å². The van der Waals surface area contributed by atoms with E-state index in [9.17, 15) is 9.59 Å². The Hall–Kier alpha value is -2.67. The van der Waals surface area contributed by atoms with E-state index in [1.807, 2.05) is 20.9 Å². The van der Waals surface area contributed by atoms with Crippen LogP contribution in [0.5, 0.6) is 0 Å². The zero-order valence-electron chi connectivity index (χ0n) is 14.4. The maximum Gasteiger partial charge on any atom is 0.276 e. The molecule has 130 valence electrons. The molecule has 3 rings (SSSR count). The monoisotopic (exact) mass is 359 g/mol. The number of carbonyl (C=O) groups excluding carboxylic acids is 1. The van der Waals surface area contributed by atoms with Crippen molar-refractivity contribution in [3.8, 4) is 0 Å². The lowest BCUT2D eigenvalue weighted by atomic mass is 10.1. The highest BCUT2D eigenvalue weighted by Crippen LogP contribution is 2.16. The van der Waals surface area contributed by atoms with Crippen LogP contribution in [0.25, 0.3) is 10.9 Å². The molecule has 2 aromatic heterocycles. The van der Waals surface area contributed by atoms with Crippen LogP contribution in [0.15, 0.2) is 23.0 Å². The Morgan fingerprint density at radius 1 is 1.20 bits per heavy atom. The van der Waals surface area contributed by atoms with Gasteiger partial charge in [0.25, 0.3) is 5.91 Å². The van der Waals surface area contributed by atoms with Gasteiger partial charge in [-0.1, -0.05) is 11.6 Å². The minimum absolute atomic E-state index is 0.156. The zero-order valence-corrected chi connectivity index (χ0v) is 15.2. The highest BCUT2D eigenvalue weighted by molar-refractivity contribution is 6.31. The van der Waals surface area contributed by atoms with Gasteiger partial charge in [0.05, 0.1) is 16.6 Å². The van der Waals surface area contributed by atoms with Gasteiger partial charge in [0.2, 0.25) is 5.43 Å². The maximum atomic E-state index is 12.6. The lowest BCUT2D eigenvalue weighted by molar-refractivity contribution is 0.0943. The molecule has 0 radical (unpaired) electrons. The number of hydrogen-bond donors (Lipinski definition) is 1. The van der Waals surface area contributed by atoms with E-state index in [4.69, 9.17) is 11.6 Å². The fourth-order valence-corrected chi connectivity index (χ4v) is 3.00. The van der Waals surface area contributed by atoms with Crippen molar-refractivity contribution in [2.45, 2.75) is 20.4 Å². The van der Waals surface area contributed by atoms with Crippen molar-refractivity contribution in [2.75, 3.05) is 0 Å². The van der Waals surface area contributed by atoms with E-state index in [0.717, 1.165) is 17.0 Å². The molecule has 0 saturated carbocycles. The molecule has 1 aromatic carbocycles. The Labute approximate surface area is 149 Å². The van der Waals surface area contributed by atoms with Crippen molar-refractivity contribution in [2.24, 2.45) is 14.1 Å². The summed E-state index contributed by atoms with van der Waals surface area (Å²) in [5.41, 5.74) is 2.75. The predicted octanol–water partition coefficient (Wildman–Crippen LogP) is 1.87. The summed E-state index contributed by atoms with van der Waals surface area (Å²) in [7, 11) is 3.53. The van der Waals surface area contributed by atoms with Gasteiger partial charge in [-0.3, -0.25) is 19.0 Å². The Kier molecular flexibility index (Phi) is 4.34. The molecule has 2 heterocycles. The average molecular weight is 360 g/mol. The van der Waals surface area contributed by atoms with Gasteiger partial charge >= 0.3 is 0 Å². The van der Waals surface area contributed by atoms with Crippen LogP contribution >= 0.6 is 11.6 Å². The van der Waals surface area contributed by atoms with Crippen LogP contribution in [0.3, 0.4) is 0 Å². The fraction of sp³-hybridized carbons (Fsp3) is 0.294. The molecule has 1 amide bonds. The summed E-state index contributed by atoms with van der Waals surface area (Å²) in [5, 5.41) is 12.0. The van der Waals surface area contributed by atoms with Gasteiger partial charge in [0, 0.05) is 36.9 Å². The second kappa shape index (κ2) is 6.33. The molecule has 0 unspecified atom stereocenters. The third kappa shape index (κ3) is 3.02. The lowest BCUT2D eigenvalue weighted by Crippen LogP contribution is -2.31. The van der Waals surface area contributed by atoms with E-state index in [1.165, 1.54) is 4.68 Å². The van der Waals surface area contributed by atoms with Crippen molar-refractivity contribution in [1.29, 1.82) is 0 Å². The zero-order chi connectivity index (χ0) is 18.3. The van der Waals surface area contributed by atoms with Crippen LogP contribution in [0.4, 0.5) is 0 Å². The minimum Gasteiger partial charge on any atom is -0.346 e. The van der Waals surface area contributed by atoms with Crippen molar-refractivity contribution >= 4 is 28.4 Å². The van der Waals surface area contributed by atoms with Crippen molar-refractivity contribution in [3.63, 3.8) is 0 Å². The molecule has 1 N–H and O–H groups in total. The maximum absolute atomic E-state index is 12.6. The molecular weight excluding hydrogens is 342 g/mol. The van der Waals surface area contributed by atoms with Gasteiger partial charge < -0.3 is 5.32 Å². The van der Waals surface area contributed by atoms with E-state index in [1.54, 1.807) is 29.9 Å². The molecule has 0 spiro atoms.